The van der Waals surface area contributed by atoms with Crippen LogP contribution in [-0.2, 0) is 35.0 Å². The quantitative estimate of drug-likeness (QED) is 0.762. The van der Waals surface area contributed by atoms with E-state index in [0.29, 0.717) is 19.8 Å². The molecule has 5 heterocycles. The van der Waals surface area contributed by atoms with E-state index in [9.17, 15) is 0 Å². The first-order valence-electron chi connectivity index (χ1n) is 7.72. The van der Waals surface area contributed by atoms with E-state index in [0.717, 1.165) is 5.56 Å². The molecule has 116 valence electrons. The molecular formula is C16H16O6. The largest absolute Gasteiger partial charge is 0.368 e. The Bertz CT molecular complexity index is 580. The molecule has 6 aliphatic rings. The molecule has 5 saturated heterocycles. The van der Waals surface area contributed by atoms with E-state index in [1.807, 2.05) is 30.3 Å². The van der Waals surface area contributed by atoms with Gasteiger partial charge in [0.25, 0.3) is 6.48 Å². The van der Waals surface area contributed by atoms with Crippen LogP contribution in [-0.4, -0.2) is 55.3 Å². The summed E-state index contributed by atoms with van der Waals surface area (Å²) in [5.74, 6) is 0. The lowest BCUT2D eigenvalue weighted by atomic mass is 9.71. The predicted octanol–water partition coefficient (Wildman–Crippen LogP) is 0.590. The van der Waals surface area contributed by atoms with Gasteiger partial charge in [0.2, 0.25) is 0 Å². The molecule has 6 heteroatoms. The molecule has 5 aliphatic heterocycles. The van der Waals surface area contributed by atoms with Gasteiger partial charge >= 0.3 is 0 Å². The van der Waals surface area contributed by atoms with E-state index in [1.54, 1.807) is 0 Å². The second-order valence-corrected chi connectivity index (χ2v) is 6.67. The van der Waals surface area contributed by atoms with Gasteiger partial charge in [0.1, 0.15) is 35.6 Å². The van der Waals surface area contributed by atoms with Crippen LogP contribution in [0.2, 0.25) is 0 Å². The Balaban J connectivity index is 1.32. The molecule has 0 N–H and O–H groups in total. The van der Waals surface area contributed by atoms with Crippen LogP contribution in [0.5, 0.6) is 0 Å². The lowest BCUT2D eigenvalue weighted by molar-refractivity contribution is -0.477. The van der Waals surface area contributed by atoms with Gasteiger partial charge in [-0.2, -0.15) is 0 Å². The van der Waals surface area contributed by atoms with E-state index >= 15 is 0 Å². The van der Waals surface area contributed by atoms with Crippen molar-refractivity contribution in [3.63, 3.8) is 0 Å². The summed E-state index contributed by atoms with van der Waals surface area (Å²) in [5, 5.41) is 0. The summed E-state index contributed by atoms with van der Waals surface area (Å²) in [6.07, 6.45) is -0.581. The summed E-state index contributed by atoms with van der Waals surface area (Å²) in [7, 11) is 0. The van der Waals surface area contributed by atoms with Gasteiger partial charge in [-0.15, -0.1) is 0 Å². The van der Waals surface area contributed by atoms with Crippen molar-refractivity contribution in [2.75, 3.05) is 13.2 Å². The van der Waals surface area contributed by atoms with Crippen molar-refractivity contribution in [1.29, 1.82) is 0 Å². The third-order valence-electron chi connectivity index (χ3n) is 5.45. The van der Waals surface area contributed by atoms with Gasteiger partial charge in [-0.05, 0) is 5.56 Å². The van der Waals surface area contributed by atoms with Crippen LogP contribution in [0.25, 0.3) is 0 Å². The zero-order valence-corrected chi connectivity index (χ0v) is 11.8. The molecule has 0 radical (unpaired) electrons. The fourth-order valence-electron chi connectivity index (χ4n) is 4.23. The fraction of sp³-hybridized carbons (Fsp3) is 0.625. The maximum absolute atomic E-state index is 6.19. The van der Waals surface area contributed by atoms with Crippen LogP contribution in [0.4, 0.5) is 0 Å². The van der Waals surface area contributed by atoms with Crippen LogP contribution < -0.4 is 0 Å². The number of rotatable bonds is 3. The molecule has 1 aromatic rings. The summed E-state index contributed by atoms with van der Waals surface area (Å²) in [4.78, 5) is 0. The normalized spacial score (nSPS) is 53.4. The van der Waals surface area contributed by atoms with Crippen LogP contribution in [0.15, 0.2) is 30.3 Å². The number of ether oxygens (including phenoxy) is 6. The third-order valence-corrected chi connectivity index (χ3v) is 5.45. The van der Waals surface area contributed by atoms with E-state index in [4.69, 9.17) is 28.4 Å². The van der Waals surface area contributed by atoms with Gasteiger partial charge in [-0.1, -0.05) is 30.3 Å². The Hall–Kier alpha value is -1.02. The van der Waals surface area contributed by atoms with Gasteiger partial charge in [-0.3, -0.25) is 0 Å². The number of epoxide rings is 2. The van der Waals surface area contributed by atoms with Crippen molar-refractivity contribution >= 4 is 0 Å². The van der Waals surface area contributed by atoms with E-state index in [-0.39, 0.29) is 24.4 Å². The van der Waals surface area contributed by atoms with Crippen LogP contribution in [0.3, 0.4) is 0 Å². The van der Waals surface area contributed by atoms with Crippen molar-refractivity contribution in [3.8, 4) is 0 Å². The van der Waals surface area contributed by atoms with E-state index in [1.165, 1.54) is 0 Å². The fourth-order valence-corrected chi connectivity index (χ4v) is 4.23. The van der Waals surface area contributed by atoms with Gasteiger partial charge < -0.3 is 28.4 Å². The van der Waals surface area contributed by atoms with Crippen molar-refractivity contribution < 1.29 is 28.4 Å². The lowest BCUT2D eigenvalue weighted by Crippen LogP contribution is -2.78. The second kappa shape index (κ2) is 3.90. The van der Waals surface area contributed by atoms with Crippen molar-refractivity contribution in [3.05, 3.63) is 35.9 Å². The summed E-state index contributed by atoms with van der Waals surface area (Å²) in [5.41, 5.74) is 0.313. The average Bonchev–Trinajstić information content (AvgIpc) is 3.46. The van der Waals surface area contributed by atoms with Gasteiger partial charge in [0, 0.05) is 0 Å². The summed E-state index contributed by atoms with van der Waals surface area (Å²) in [6, 6.07) is 10.1. The molecule has 0 unspecified atom stereocenters. The maximum Gasteiger partial charge on any atom is 0.273 e. The molecule has 2 spiro atoms. The SMILES string of the molecule is c1ccc(COC2[C@H]3OC4OC([C@@]35CO5)[C@@]3(CO3)[C@@H]2O4)cc1. The molecule has 7 rings (SSSR count). The second-order valence-electron chi connectivity index (χ2n) is 6.67. The van der Waals surface area contributed by atoms with Crippen LogP contribution in [0.1, 0.15) is 5.56 Å². The van der Waals surface area contributed by atoms with Crippen molar-refractivity contribution in [2.45, 2.75) is 48.7 Å². The molecule has 1 saturated carbocycles. The van der Waals surface area contributed by atoms with Gasteiger partial charge in [-0.25, -0.2) is 0 Å². The van der Waals surface area contributed by atoms with Gasteiger partial charge in [0.05, 0.1) is 19.8 Å². The minimum atomic E-state index is -0.610. The molecule has 6 fully saturated rings. The van der Waals surface area contributed by atoms with Crippen LogP contribution in [0, 0.1) is 0 Å². The molecule has 0 aromatic heterocycles. The number of benzene rings is 1. The third kappa shape index (κ3) is 1.41. The van der Waals surface area contributed by atoms with Crippen molar-refractivity contribution in [1.82, 2.24) is 0 Å². The minimum Gasteiger partial charge on any atom is -0.368 e. The minimum absolute atomic E-state index is 0.0981. The Kier molecular flexibility index (Phi) is 2.20. The molecular weight excluding hydrogens is 288 g/mol. The summed E-state index contributed by atoms with van der Waals surface area (Å²) >= 11 is 0. The number of hydrogen-bond acceptors (Lipinski definition) is 6. The lowest BCUT2D eigenvalue weighted by Gasteiger charge is -2.58. The molecule has 4 bridgehead atoms. The molecule has 1 aliphatic carbocycles. The molecule has 1 aromatic carbocycles. The molecule has 6 nitrogen and oxygen atoms in total. The Morgan fingerprint density at radius 1 is 0.955 bits per heavy atom. The monoisotopic (exact) mass is 304 g/mol. The molecule has 22 heavy (non-hydrogen) atoms. The van der Waals surface area contributed by atoms with E-state index in [2.05, 4.69) is 0 Å². The molecule has 0 amide bonds. The van der Waals surface area contributed by atoms with Crippen molar-refractivity contribution in [2.24, 2.45) is 0 Å². The summed E-state index contributed by atoms with van der Waals surface area (Å²) in [6.45, 7) is 1.19. The van der Waals surface area contributed by atoms with E-state index < -0.39 is 17.7 Å². The standard InChI is InChI=1S/C16H16O6/c1-2-4-9(5-3-1)6-17-10-11-15(7-18-15)13-16(8-19-16)12(10)21-14(20-11)22-13/h1-5,10-14H,6-8H2/t10?,11-,12-,13?,14?,15-,16-/m1/s1. The maximum atomic E-state index is 6.19. The number of hydrogen-bond donors (Lipinski definition) is 0. The first kappa shape index (κ1) is 12.4. The highest BCUT2D eigenvalue weighted by Crippen LogP contribution is 2.62. The Morgan fingerprint density at radius 2 is 1.59 bits per heavy atom. The topological polar surface area (TPSA) is 62.0 Å². The average molecular weight is 304 g/mol. The first-order valence-corrected chi connectivity index (χ1v) is 7.72. The zero-order chi connectivity index (χ0) is 14.4. The highest BCUT2D eigenvalue weighted by atomic mass is 16.9. The zero-order valence-electron chi connectivity index (χ0n) is 11.8. The highest BCUT2D eigenvalue weighted by molar-refractivity contribution is 5.29. The summed E-state index contributed by atoms with van der Waals surface area (Å²) < 4.78 is 35.3. The smallest absolute Gasteiger partial charge is 0.273 e. The molecule has 4 atom stereocenters. The van der Waals surface area contributed by atoms with Gasteiger partial charge in [0.15, 0.2) is 0 Å². The Labute approximate surface area is 127 Å². The predicted molar refractivity (Wildman–Crippen MR) is 70.8 cm³/mol. The first-order chi connectivity index (χ1) is 10.8. The highest BCUT2D eigenvalue weighted by Gasteiger charge is 2.84. The Morgan fingerprint density at radius 3 is 2.18 bits per heavy atom. The van der Waals surface area contributed by atoms with Crippen LogP contribution >= 0.6 is 0 Å².